The van der Waals surface area contributed by atoms with Crippen molar-refractivity contribution in [3.05, 3.63) is 53.4 Å². The summed E-state index contributed by atoms with van der Waals surface area (Å²) in [6.07, 6.45) is 1.36. The monoisotopic (exact) mass is 230 g/mol. The summed E-state index contributed by atoms with van der Waals surface area (Å²) in [6, 6.07) is 9.75. The van der Waals surface area contributed by atoms with Crippen molar-refractivity contribution in [2.24, 2.45) is 0 Å². The molecule has 1 unspecified atom stereocenters. The van der Waals surface area contributed by atoms with Crippen molar-refractivity contribution in [1.82, 2.24) is 10.5 Å². The highest BCUT2D eigenvalue weighted by molar-refractivity contribution is 5.95. The average Bonchev–Trinajstić information content (AvgIpc) is 2.76. The van der Waals surface area contributed by atoms with Crippen molar-refractivity contribution in [2.45, 2.75) is 19.9 Å². The molecule has 2 aromatic rings. The van der Waals surface area contributed by atoms with Gasteiger partial charge in [0, 0.05) is 0 Å². The molecule has 1 amide bonds. The van der Waals surface area contributed by atoms with Crippen molar-refractivity contribution in [1.29, 1.82) is 0 Å². The zero-order chi connectivity index (χ0) is 12.3. The minimum Gasteiger partial charge on any atom is -0.364 e. The lowest BCUT2D eigenvalue weighted by atomic mass is 10.1. The Labute approximate surface area is 99.6 Å². The van der Waals surface area contributed by atoms with E-state index in [9.17, 15) is 4.79 Å². The van der Waals surface area contributed by atoms with E-state index in [1.54, 1.807) is 6.92 Å². The summed E-state index contributed by atoms with van der Waals surface area (Å²) < 4.78 is 4.74. The van der Waals surface area contributed by atoms with Crippen LogP contribution in [0.1, 0.15) is 34.6 Å². The maximum absolute atomic E-state index is 11.9. The second kappa shape index (κ2) is 4.82. The fourth-order valence-corrected chi connectivity index (χ4v) is 1.61. The third-order valence-corrected chi connectivity index (χ3v) is 2.64. The predicted molar refractivity (Wildman–Crippen MR) is 63.6 cm³/mol. The Morgan fingerprint density at radius 1 is 1.35 bits per heavy atom. The Morgan fingerprint density at radius 2 is 2.06 bits per heavy atom. The van der Waals surface area contributed by atoms with Crippen LogP contribution in [0.25, 0.3) is 0 Å². The molecule has 17 heavy (non-hydrogen) atoms. The van der Waals surface area contributed by atoms with Crippen LogP contribution in [-0.2, 0) is 0 Å². The van der Waals surface area contributed by atoms with Crippen LogP contribution in [0.15, 0.2) is 41.1 Å². The fourth-order valence-electron chi connectivity index (χ4n) is 1.61. The van der Waals surface area contributed by atoms with Crippen LogP contribution in [0.2, 0.25) is 0 Å². The number of carbonyl (C=O) groups excluding carboxylic acids is 1. The highest BCUT2D eigenvalue weighted by atomic mass is 16.5. The third-order valence-electron chi connectivity index (χ3n) is 2.64. The summed E-state index contributed by atoms with van der Waals surface area (Å²) in [4.78, 5) is 11.9. The van der Waals surface area contributed by atoms with Crippen LogP contribution in [0, 0.1) is 6.92 Å². The molecule has 2 rings (SSSR count). The summed E-state index contributed by atoms with van der Waals surface area (Å²) in [5, 5.41) is 6.58. The van der Waals surface area contributed by atoms with Crippen molar-refractivity contribution in [2.75, 3.05) is 0 Å². The number of benzene rings is 1. The number of nitrogens with one attached hydrogen (secondary N) is 1. The van der Waals surface area contributed by atoms with Gasteiger partial charge in [0.1, 0.15) is 11.8 Å². The standard InChI is InChI=1S/C13H14N2O2/c1-9(11-6-4-3-5-7-11)14-13(16)12-8-17-15-10(12)2/h3-9H,1-2H3,(H,14,16). The van der Waals surface area contributed by atoms with E-state index >= 15 is 0 Å². The fraction of sp³-hybridized carbons (Fsp3) is 0.231. The van der Waals surface area contributed by atoms with E-state index in [4.69, 9.17) is 4.52 Å². The topological polar surface area (TPSA) is 55.1 Å². The maximum atomic E-state index is 11.9. The molecule has 4 nitrogen and oxygen atoms in total. The van der Waals surface area contributed by atoms with Gasteiger partial charge in [0.15, 0.2) is 0 Å². The number of nitrogens with zero attached hydrogens (tertiary/aromatic N) is 1. The number of aryl methyl sites for hydroxylation is 1. The van der Waals surface area contributed by atoms with E-state index in [1.165, 1.54) is 6.26 Å². The Bertz CT molecular complexity index is 505. The first-order valence-corrected chi connectivity index (χ1v) is 5.45. The van der Waals surface area contributed by atoms with Crippen LogP contribution >= 0.6 is 0 Å². The smallest absolute Gasteiger partial charge is 0.256 e. The molecule has 0 radical (unpaired) electrons. The Hall–Kier alpha value is -2.10. The van der Waals surface area contributed by atoms with Gasteiger partial charge in [-0.15, -0.1) is 0 Å². The van der Waals surface area contributed by atoms with Crippen molar-refractivity contribution in [3.8, 4) is 0 Å². The van der Waals surface area contributed by atoms with Crippen LogP contribution < -0.4 is 5.32 Å². The molecule has 0 saturated carbocycles. The molecule has 1 heterocycles. The van der Waals surface area contributed by atoms with Gasteiger partial charge in [-0.05, 0) is 19.4 Å². The van der Waals surface area contributed by atoms with E-state index < -0.39 is 0 Å². The predicted octanol–water partition coefficient (Wildman–Crippen LogP) is 2.47. The Morgan fingerprint density at radius 3 is 2.65 bits per heavy atom. The minimum atomic E-state index is -0.167. The first-order chi connectivity index (χ1) is 8.18. The van der Waals surface area contributed by atoms with E-state index in [0.717, 1.165) is 5.56 Å². The van der Waals surface area contributed by atoms with Gasteiger partial charge in [0.2, 0.25) is 0 Å². The quantitative estimate of drug-likeness (QED) is 0.881. The summed E-state index contributed by atoms with van der Waals surface area (Å²) in [5.41, 5.74) is 2.14. The molecule has 0 aliphatic heterocycles. The molecule has 1 N–H and O–H groups in total. The Balaban J connectivity index is 2.08. The van der Waals surface area contributed by atoms with Gasteiger partial charge in [0.05, 0.1) is 11.7 Å². The molecular formula is C13H14N2O2. The molecule has 0 spiro atoms. The zero-order valence-electron chi connectivity index (χ0n) is 9.81. The van der Waals surface area contributed by atoms with Gasteiger partial charge in [-0.2, -0.15) is 0 Å². The van der Waals surface area contributed by atoms with Crippen molar-refractivity contribution < 1.29 is 9.32 Å². The van der Waals surface area contributed by atoms with Gasteiger partial charge < -0.3 is 9.84 Å². The molecule has 1 aromatic carbocycles. The first kappa shape index (κ1) is 11.4. The molecule has 1 atom stereocenters. The van der Waals surface area contributed by atoms with Crippen LogP contribution in [-0.4, -0.2) is 11.1 Å². The SMILES string of the molecule is Cc1nocc1C(=O)NC(C)c1ccccc1. The van der Waals surface area contributed by atoms with Crippen LogP contribution in [0.3, 0.4) is 0 Å². The molecule has 1 aromatic heterocycles. The number of rotatable bonds is 3. The summed E-state index contributed by atoms with van der Waals surface area (Å²) in [7, 11) is 0. The molecule has 0 saturated heterocycles. The Kier molecular flexibility index (Phi) is 3.23. The van der Waals surface area contributed by atoms with Crippen molar-refractivity contribution >= 4 is 5.91 Å². The van der Waals surface area contributed by atoms with Crippen molar-refractivity contribution in [3.63, 3.8) is 0 Å². The first-order valence-electron chi connectivity index (χ1n) is 5.45. The van der Waals surface area contributed by atoms with E-state index in [-0.39, 0.29) is 11.9 Å². The molecule has 0 fully saturated rings. The molecule has 0 aliphatic rings. The van der Waals surface area contributed by atoms with E-state index in [0.29, 0.717) is 11.3 Å². The third kappa shape index (κ3) is 2.53. The molecule has 4 heteroatoms. The normalized spacial score (nSPS) is 12.1. The molecule has 0 aliphatic carbocycles. The number of amides is 1. The van der Waals surface area contributed by atoms with Gasteiger partial charge >= 0.3 is 0 Å². The lowest BCUT2D eigenvalue weighted by Gasteiger charge is -2.13. The second-order valence-electron chi connectivity index (χ2n) is 3.92. The van der Waals surface area contributed by atoms with Gasteiger partial charge in [-0.3, -0.25) is 4.79 Å². The van der Waals surface area contributed by atoms with Gasteiger partial charge in [-0.1, -0.05) is 35.5 Å². The summed E-state index contributed by atoms with van der Waals surface area (Å²) in [6.45, 7) is 3.68. The molecule has 0 bridgehead atoms. The number of aromatic nitrogens is 1. The average molecular weight is 230 g/mol. The molecular weight excluding hydrogens is 216 g/mol. The highest BCUT2D eigenvalue weighted by Crippen LogP contribution is 2.13. The van der Waals surface area contributed by atoms with Crippen LogP contribution in [0.4, 0.5) is 0 Å². The van der Waals surface area contributed by atoms with Crippen LogP contribution in [0.5, 0.6) is 0 Å². The molecule has 88 valence electrons. The van der Waals surface area contributed by atoms with E-state index in [2.05, 4.69) is 10.5 Å². The van der Waals surface area contributed by atoms with E-state index in [1.807, 2.05) is 37.3 Å². The van der Waals surface area contributed by atoms with Gasteiger partial charge in [0.25, 0.3) is 5.91 Å². The summed E-state index contributed by atoms with van der Waals surface area (Å²) in [5.74, 6) is -0.167. The zero-order valence-corrected chi connectivity index (χ0v) is 9.81. The number of hydrogen-bond acceptors (Lipinski definition) is 3. The minimum absolute atomic E-state index is 0.0435. The summed E-state index contributed by atoms with van der Waals surface area (Å²) >= 11 is 0. The second-order valence-corrected chi connectivity index (χ2v) is 3.92. The highest BCUT2D eigenvalue weighted by Gasteiger charge is 2.15. The van der Waals surface area contributed by atoms with Gasteiger partial charge in [-0.25, -0.2) is 0 Å². The largest absolute Gasteiger partial charge is 0.364 e. The number of carbonyl (C=O) groups is 1. The lowest BCUT2D eigenvalue weighted by Crippen LogP contribution is -2.26. The number of hydrogen-bond donors (Lipinski definition) is 1. The maximum Gasteiger partial charge on any atom is 0.256 e. The lowest BCUT2D eigenvalue weighted by molar-refractivity contribution is 0.0938.